The lowest BCUT2D eigenvalue weighted by molar-refractivity contribution is 0.548. The monoisotopic (exact) mass is 426 g/mol. The zero-order chi connectivity index (χ0) is 14.9. The molecular formula is C14H8Br2ClF3. The lowest BCUT2D eigenvalue weighted by Crippen LogP contribution is -2.04. The van der Waals surface area contributed by atoms with Crippen molar-refractivity contribution in [2.75, 3.05) is 0 Å². The van der Waals surface area contributed by atoms with Crippen LogP contribution in [-0.2, 0) is 6.42 Å². The van der Waals surface area contributed by atoms with Crippen molar-refractivity contribution in [1.29, 1.82) is 0 Å². The Labute approximate surface area is 136 Å². The topological polar surface area (TPSA) is 0 Å². The molecule has 2 rings (SSSR count). The Bertz CT molecular complexity index is 603. The van der Waals surface area contributed by atoms with Crippen LogP contribution >= 0.6 is 43.5 Å². The average molecular weight is 428 g/mol. The van der Waals surface area contributed by atoms with E-state index in [9.17, 15) is 13.2 Å². The highest BCUT2D eigenvalue weighted by Gasteiger charge is 2.21. The summed E-state index contributed by atoms with van der Waals surface area (Å²) in [6.07, 6.45) is 0.0426. The van der Waals surface area contributed by atoms with Crippen LogP contribution in [0.5, 0.6) is 0 Å². The normalized spacial score (nSPS) is 12.5. The molecule has 6 heteroatoms. The van der Waals surface area contributed by atoms with Gasteiger partial charge in [0.05, 0.1) is 0 Å². The van der Waals surface area contributed by atoms with Gasteiger partial charge in [-0.15, -0.1) is 0 Å². The van der Waals surface area contributed by atoms with E-state index in [-0.39, 0.29) is 22.6 Å². The fourth-order valence-electron chi connectivity index (χ4n) is 1.86. The zero-order valence-electron chi connectivity index (χ0n) is 9.94. The summed E-state index contributed by atoms with van der Waals surface area (Å²) in [5, 5.41) is 0.229. The molecule has 0 saturated heterocycles. The second kappa shape index (κ2) is 6.50. The first-order chi connectivity index (χ1) is 9.40. The molecule has 0 heterocycles. The number of hydrogen-bond donors (Lipinski definition) is 0. The van der Waals surface area contributed by atoms with Crippen molar-refractivity contribution in [3.8, 4) is 0 Å². The van der Waals surface area contributed by atoms with E-state index in [4.69, 9.17) is 11.6 Å². The average Bonchev–Trinajstić information content (AvgIpc) is 2.32. The van der Waals surface area contributed by atoms with Gasteiger partial charge < -0.3 is 0 Å². The molecule has 0 saturated carbocycles. The van der Waals surface area contributed by atoms with Crippen LogP contribution in [0.15, 0.2) is 34.8 Å². The van der Waals surface area contributed by atoms with E-state index in [0.717, 1.165) is 12.1 Å². The molecule has 2 aromatic rings. The van der Waals surface area contributed by atoms with Crippen LogP contribution < -0.4 is 0 Å². The third-order valence-electron chi connectivity index (χ3n) is 2.80. The minimum atomic E-state index is -0.718. The van der Waals surface area contributed by atoms with Crippen molar-refractivity contribution >= 4 is 43.5 Å². The van der Waals surface area contributed by atoms with Gasteiger partial charge in [-0.2, -0.15) is 0 Å². The molecule has 0 aliphatic carbocycles. The highest BCUT2D eigenvalue weighted by atomic mass is 79.9. The first kappa shape index (κ1) is 15.9. The first-order valence-electron chi connectivity index (χ1n) is 5.61. The number of benzene rings is 2. The molecule has 0 aliphatic rings. The fourth-order valence-corrected chi connectivity index (χ4v) is 3.26. The van der Waals surface area contributed by atoms with Gasteiger partial charge in [0.2, 0.25) is 0 Å². The molecule has 2 aromatic carbocycles. The molecule has 0 N–H and O–H groups in total. The molecule has 0 radical (unpaired) electrons. The SMILES string of the molecule is Fc1cccc(Cl)c1CC(Br)c1c(F)cc(Br)cc1F. The van der Waals surface area contributed by atoms with E-state index >= 15 is 0 Å². The van der Waals surface area contributed by atoms with E-state index < -0.39 is 22.3 Å². The predicted molar refractivity (Wildman–Crippen MR) is 80.8 cm³/mol. The van der Waals surface area contributed by atoms with Crippen molar-refractivity contribution in [1.82, 2.24) is 0 Å². The second-order valence-corrected chi connectivity index (χ2v) is 6.58. The minimum absolute atomic E-state index is 0.0426. The van der Waals surface area contributed by atoms with Gasteiger partial charge in [-0.25, -0.2) is 13.2 Å². The molecule has 0 aliphatic heterocycles. The standard InChI is InChI=1S/C14H8Br2ClF3/c15-7-4-12(19)14(13(20)5-7)9(16)6-8-10(17)2-1-3-11(8)18/h1-5,9H,6H2. The van der Waals surface area contributed by atoms with Gasteiger partial charge in [-0.1, -0.05) is 49.5 Å². The molecule has 0 bridgehead atoms. The third-order valence-corrected chi connectivity index (χ3v) is 4.40. The Morgan fingerprint density at radius 3 is 2.20 bits per heavy atom. The van der Waals surface area contributed by atoms with Crippen LogP contribution in [0, 0.1) is 17.5 Å². The number of halogens is 6. The summed E-state index contributed by atoms with van der Waals surface area (Å²) >= 11 is 12.1. The Morgan fingerprint density at radius 1 is 1.05 bits per heavy atom. The molecule has 0 nitrogen and oxygen atoms in total. The first-order valence-corrected chi connectivity index (χ1v) is 7.70. The highest BCUT2D eigenvalue weighted by molar-refractivity contribution is 9.10. The van der Waals surface area contributed by atoms with Gasteiger partial charge in [0.1, 0.15) is 17.5 Å². The maximum absolute atomic E-state index is 13.8. The third kappa shape index (κ3) is 3.38. The van der Waals surface area contributed by atoms with Crippen molar-refractivity contribution in [2.24, 2.45) is 0 Å². The fraction of sp³-hybridized carbons (Fsp3) is 0.143. The summed E-state index contributed by atoms with van der Waals surface area (Å²) in [4.78, 5) is -0.718. The smallest absolute Gasteiger partial charge is 0.131 e. The molecule has 0 spiro atoms. The molecule has 0 amide bonds. The lowest BCUT2D eigenvalue weighted by atomic mass is 10.0. The predicted octanol–water partition coefficient (Wildman–Crippen LogP) is 6.20. The van der Waals surface area contributed by atoms with Crippen LogP contribution in [0.1, 0.15) is 16.0 Å². The van der Waals surface area contributed by atoms with Crippen LogP contribution in [-0.4, -0.2) is 0 Å². The molecule has 1 atom stereocenters. The summed E-state index contributed by atoms with van der Waals surface area (Å²) in [5.41, 5.74) is 0.0743. The zero-order valence-corrected chi connectivity index (χ0v) is 13.9. The Morgan fingerprint density at radius 2 is 1.65 bits per heavy atom. The number of rotatable bonds is 3. The van der Waals surface area contributed by atoms with Gasteiger partial charge >= 0.3 is 0 Å². The summed E-state index contributed by atoms with van der Waals surface area (Å²) in [6.45, 7) is 0. The van der Waals surface area contributed by atoms with Crippen LogP contribution in [0.25, 0.3) is 0 Å². The Kier molecular flexibility index (Phi) is 5.15. The second-order valence-electron chi connectivity index (χ2n) is 4.15. The van der Waals surface area contributed by atoms with Crippen LogP contribution in [0.4, 0.5) is 13.2 Å². The molecule has 1 unspecified atom stereocenters. The number of alkyl halides is 1. The van der Waals surface area contributed by atoms with E-state index in [2.05, 4.69) is 31.9 Å². The summed E-state index contributed by atoms with van der Waals surface area (Å²) in [5.74, 6) is -1.91. The van der Waals surface area contributed by atoms with Gasteiger partial charge in [0.25, 0.3) is 0 Å². The maximum Gasteiger partial charge on any atom is 0.131 e. The van der Waals surface area contributed by atoms with Gasteiger partial charge in [0.15, 0.2) is 0 Å². The minimum Gasteiger partial charge on any atom is -0.207 e. The molecular weight excluding hydrogens is 420 g/mol. The van der Waals surface area contributed by atoms with Crippen molar-refractivity contribution in [2.45, 2.75) is 11.2 Å². The van der Waals surface area contributed by atoms with Gasteiger partial charge in [-0.3, -0.25) is 0 Å². The molecule has 0 aromatic heterocycles. The van der Waals surface area contributed by atoms with E-state index in [1.54, 1.807) is 0 Å². The van der Waals surface area contributed by atoms with E-state index in [1.165, 1.54) is 18.2 Å². The van der Waals surface area contributed by atoms with Gasteiger partial charge in [-0.05, 0) is 30.7 Å². The summed E-state index contributed by atoms with van der Waals surface area (Å²) < 4.78 is 41.7. The lowest BCUT2D eigenvalue weighted by Gasteiger charge is -2.14. The van der Waals surface area contributed by atoms with Crippen LogP contribution in [0.2, 0.25) is 5.02 Å². The highest BCUT2D eigenvalue weighted by Crippen LogP contribution is 2.35. The maximum atomic E-state index is 13.8. The summed E-state index contributed by atoms with van der Waals surface area (Å²) in [6, 6.07) is 6.60. The largest absolute Gasteiger partial charge is 0.207 e. The Balaban J connectivity index is 2.36. The Hall–Kier alpha value is -0.520. The molecule has 0 fully saturated rings. The van der Waals surface area contributed by atoms with Crippen LogP contribution in [0.3, 0.4) is 0 Å². The molecule has 106 valence electrons. The summed E-state index contributed by atoms with van der Waals surface area (Å²) in [7, 11) is 0. The quantitative estimate of drug-likeness (QED) is 0.511. The van der Waals surface area contributed by atoms with Crippen molar-refractivity contribution in [3.63, 3.8) is 0 Å². The van der Waals surface area contributed by atoms with Crippen molar-refractivity contribution < 1.29 is 13.2 Å². The van der Waals surface area contributed by atoms with E-state index in [0.29, 0.717) is 4.47 Å². The number of hydrogen-bond acceptors (Lipinski definition) is 0. The van der Waals surface area contributed by atoms with E-state index in [1.807, 2.05) is 0 Å². The van der Waals surface area contributed by atoms with Gasteiger partial charge in [0, 0.05) is 25.4 Å². The van der Waals surface area contributed by atoms with Crippen molar-refractivity contribution in [3.05, 3.63) is 68.4 Å². The molecule has 20 heavy (non-hydrogen) atoms.